The molecule has 0 saturated carbocycles. The maximum atomic E-state index is 12.8. The van der Waals surface area contributed by atoms with E-state index in [1.165, 1.54) is 16.4 Å². The third-order valence-corrected chi connectivity index (χ3v) is 7.54. The Balaban J connectivity index is 1.42. The van der Waals surface area contributed by atoms with Crippen molar-refractivity contribution in [1.82, 2.24) is 19.4 Å². The van der Waals surface area contributed by atoms with Gasteiger partial charge in [-0.3, -0.25) is 4.90 Å². The fraction of sp³-hybridized carbons (Fsp3) is 0.300. The van der Waals surface area contributed by atoms with E-state index in [1.807, 2.05) is 19.1 Å². The zero-order chi connectivity index (χ0) is 21.3. The molecule has 1 unspecified atom stereocenters. The summed E-state index contributed by atoms with van der Waals surface area (Å²) >= 11 is 11.9. The number of piperazine rings is 1. The van der Waals surface area contributed by atoms with E-state index in [4.69, 9.17) is 27.6 Å². The van der Waals surface area contributed by atoms with Gasteiger partial charge in [-0.05, 0) is 49.4 Å². The highest BCUT2D eigenvalue weighted by Gasteiger charge is 2.31. The zero-order valence-corrected chi connectivity index (χ0v) is 18.5. The van der Waals surface area contributed by atoms with Crippen molar-refractivity contribution in [3.63, 3.8) is 0 Å². The second-order valence-corrected chi connectivity index (χ2v) is 9.84. The van der Waals surface area contributed by atoms with Crippen molar-refractivity contribution in [2.24, 2.45) is 0 Å². The molecular weight excluding hydrogens is 447 g/mol. The highest BCUT2D eigenvalue weighted by atomic mass is 35.5. The Morgan fingerprint density at radius 2 is 1.67 bits per heavy atom. The molecule has 4 rings (SSSR count). The Kier molecular flexibility index (Phi) is 6.13. The Labute approximate surface area is 185 Å². The van der Waals surface area contributed by atoms with Gasteiger partial charge in [0.1, 0.15) is 0 Å². The summed E-state index contributed by atoms with van der Waals surface area (Å²) in [5, 5.41) is 9.40. The van der Waals surface area contributed by atoms with Crippen molar-refractivity contribution in [3.05, 3.63) is 64.5 Å². The summed E-state index contributed by atoms with van der Waals surface area (Å²) in [6, 6.07) is 13.3. The summed E-state index contributed by atoms with van der Waals surface area (Å²) in [4.78, 5) is 2.37. The molecule has 0 spiro atoms. The highest BCUT2D eigenvalue weighted by Crippen LogP contribution is 2.27. The molecule has 7 nitrogen and oxygen atoms in total. The molecule has 1 aromatic heterocycles. The lowest BCUT2D eigenvalue weighted by molar-refractivity contribution is 0.129. The van der Waals surface area contributed by atoms with Crippen LogP contribution in [0.15, 0.2) is 57.8 Å². The number of sulfonamides is 1. The topological polar surface area (TPSA) is 79.5 Å². The lowest BCUT2D eigenvalue weighted by Gasteiger charge is -2.36. The molecule has 30 heavy (non-hydrogen) atoms. The number of rotatable bonds is 5. The first-order valence-corrected chi connectivity index (χ1v) is 11.6. The molecule has 0 radical (unpaired) electrons. The Bertz CT molecular complexity index is 1130. The number of benzene rings is 2. The van der Waals surface area contributed by atoms with Gasteiger partial charge in [-0.25, -0.2) is 8.42 Å². The van der Waals surface area contributed by atoms with Crippen LogP contribution < -0.4 is 0 Å². The summed E-state index contributed by atoms with van der Waals surface area (Å²) in [5.74, 6) is 0.891. The second-order valence-electron chi connectivity index (χ2n) is 7.03. The first-order chi connectivity index (χ1) is 14.3. The van der Waals surface area contributed by atoms with Crippen LogP contribution in [0.2, 0.25) is 10.0 Å². The minimum atomic E-state index is -3.54. The number of halogens is 2. The molecule has 0 aliphatic carbocycles. The molecule has 1 fully saturated rings. The van der Waals surface area contributed by atoms with Crippen molar-refractivity contribution in [2.75, 3.05) is 26.2 Å². The largest absolute Gasteiger partial charge is 0.419 e. The maximum absolute atomic E-state index is 12.8. The molecule has 1 atom stereocenters. The molecule has 1 aliphatic rings. The quantitative estimate of drug-likeness (QED) is 0.562. The summed E-state index contributed by atoms with van der Waals surface area (Å²) in [6.45, 7) is 3.85. The summed E-state index contributed by atoms with van der Waals surface area (Å²) in [5.41, 5.74) is 0.757. The zero-order valence-electron chi connectivity index (χ0n) is 16.2. The van der Waals surface area contributed by atoms with Gasteiger partial charge in [0.25, 0.3) is 0 Å². The molecule has 0 N–H and O–H groups in total. The van der Waals surface area contributed by atoms with E-state index < -0.39 is 10.0 Å². The molecule has 2 aromatic carbocycles. The van der Waals surface area contributed by atoms with Gasteiger partial charge in [0.15, 0.2) is 0 Å². The van der Waals surface area contributed by atoms with Gasteiger partial charge < -0.3 is 4.42 Å². The van der Waals surface area contributed by atoms with Crippen LogP contribution >= 0.6 is 23.2 Å². The molecule has 0 bridgehead atoms. The molecule has 10 heteroatoms. The minimum absolute atomic E-state index is 0.133. The summed E-state index contributed by atoms with van der Waals surface area (Å²) < 4.78 is 33.0. The first kappa shape index (κ1) is 21.3. The second kappa shape index (κ2) is 8.64. The van der Waals surface area contributed by atoms with E-state index in [9.17, 15) is 8.42 Å². The summed E-state index contributed by atoms with van der Waals surface area (Å²) in [6.07, 6.45) is 0. The lowest BCUT2D eigenvalue weighted by Crippen LogP contribution is -2.49. The number of nitrogens with zero attached hydrogens (tertiary/aromatic N) is 4. The van der Waals surface area contributed by atoms with E-state index in [2.05, 4.69) is 15.1 Å². The molecule has 1 saturated heterocycles. The van der Waals surface area contributed by atoms with E-state index in [-0.39, 0.29) is 10.9 Å². The minimum Gasteiger partial charge on any atom is -0.419 e. The van der Waals surface area contributed by atoms with Gasteiger partial charge in [0.05, 0.1) is 10.9 Å². The molecular formula is C20H20Cl2N4O3S. The Morgan fingerprint density at radius 3 is 2.33 bits per heavy atom. The monoisotopic (exact) mass is 466 g/mol. The smallest absolute Gasteiger partial charge is 0.247 e. The Hall–Kier alpha value is -1.97. The van der Waals surface area contributed by atoms with E-state index >= 15 is 0 Å². The highest BCUT2D eigenvalue weighted by molar-refractivity contribution is 7.89. The van der Waals surface area contributed by atoms with Crippen LogP contribution in [0.5, 0.6) is 0 Å². The maximum Gasteiger partial charge on any atom is 0.247 e. The molecule has 1 aliphatic heterocycles. The average Bonchev–Trinajstić information content (AvgIpc) is 3.24. The van der Waals surface area contributed by atoms with Crippen LogP contribution in [0.3, 0.4) is 0 Å². The van der Waals surface area contributed by atoms with E-state index in [0.29, 0.717) is 48.0 Å². The molecule has 3 aromatic rings. The van der Waals surface area contributed by atoms with Gasteiger partial charge in [-0.2, -0.15) is 4.31 Å². The van der Waals surface area contributed by atoms with Crippen LogP contribution in [0, 0.1) is 0 Å². The van der Waals surface area contributed by atoms with Crippen molar-refractivity contribution < 1.29 is 12.8 Å². The van der Waals surface area contributed by atoms with Crippen LogP contribution in [-0.4, -0.2) is 54.0 Å². The SMILES string of the molecule is CC(c1nnc(-c2cccc(Cl)c2)o1)N1CCN(S(=O)(=O)c2ccc(Cl)cc2)CC1. The number of aromatic nitrogens is 2. The molecule has 2 heterocycles. The normalized spacial score (nSPS) is 17.2. The fourth-order valence-corrected chi connectivity index (χ4v) is 5.12. The van der Waals surface area contributed by atoms with Gasteiger partial charge in [-0.15, -0.1) is 10.2 Å². The third kappa shape index (κ3) is 4.38. The predicted octanol–water partition coefficient (Wildman–Crippen LogP) is 4.11. The van der Waals surface area contributed by atoms with Gasteiger partial charge in [0.2, 0.25) is 21.8 Å². The number of hydrogen-bond donors (Lipinski definition) is 0. The van der Waals surface area contributed by atoms with Gasteiger partial charge in [0, 0.05) is 41.8 Å². The van der Waals surface area contributed by atoms with Crippen molar-refractivity contribution in [1.29, 1.82) is 0 Å². The van der Waals surface area contributed by atoms with E-state index in [0.717, 1.165) is 5.56 Å². The predicted molar refractivity (Wildman–Crippen MR) is 115 cm³/mol. The fourth-order valence-electron chi connectivity index (χ4n) is 3.38. The average molecular weight is 467 g/mol. The first-order valence-electron chi connectivity index (χ1n) is 9.44. The summed E-state index contributed by atoms with van der Waals surface area (Å²) in [7, 11) is -3.54. The van der Waals surface area contributed by atoms with Crippen LogP contribution in [0.25, 0.3) is 11.5 Å². The standard InChI is InChI=1S/C20H20Cl2N4O3S/c1-14(19-23-24-20(29-19)15-3-2-4-17(22)13-15)25-9-11-26(12-10-25)30(27,28)18-7-5-16(21)6-8-18/h2-8,13-14H,9-12H2,1H3. The third-order valence-electron chi connectivity index (χ3n) is 5.14. The van der Waals surface area contributed by atoms with Gasteiger partial charge in [-0.1, -0.05) is 29.3 Å². The van der Waals surface area contributed by atoms with Crippen LogP contribution in [-0.2, 0) is 10.0 Å². The van der Waals surface area contributed by atoms with Crippen molar-refractivity contribution in [2.45, 2.75) is 17.9 Å². The van der Waals surface area contributed by atoms with Crippen molar-refractivity contribution >= 4 is 33.2 Å². The van der Waals surface area contributed by atoms with Gasteiger partial charge >= 0.3 is 0 Å². The molecule has 158 valence electrons. The lowest BCUT2D eigenvalue weighted by atomic mass is 10.2. The van der Waals surface area contributed by atoms with Crippen molar-refractivity contribution in [3.8, 4) is 11.5 Å². The Morgan fingerprint density at radius 1 is 0.967 bits per heavy atom. The van der Waals surface area contributed by atoms with Crippen LogP contribution in [0.1, 0.15) is 18.9 Å². The number of hydrogen-bond acceptors (Lipinski definition) is 6. The molecule has 0 amide bonds. The van der Waals surface area contributed by atoms with Crippen LogP contribution in [0.4, 0.5) is 0 Å². The van der Waals surface area contributed by atoms with E-state index in [1.54, 1.807) is 24.3 Å².